The Morgan fingerprint density at radius 2 is 1.74 bits per heavy atom. The SMILES string of the molecule is COc1ccc(-c2cnc(-c3ccccc3C(=O)Nc3ccccc3F)o2)c(OC)c1. The molecule has 6 nitrogen and oxygen atoms in total. The van der Waals surface area contributed by atoms with Gasteiger partial charge < -0.3 is 19.2 Å². The Labute approximate surface area is 178 Å². The molecule has 0 saturated carbocycles. The first kappa shape index (κ1) is 20.2. The number of benzene rings is 3. The van der Waals surface area contributed by atoms with Crippen molar-refractivity contribution in [2.24, 2.45) is 0 Å². The number of hydrogen-bond donors (Lipinski definition) is 1. The summed E-state index contributed by atoms with van der Waals surface area (Å²) in [6.45, 7) is 0. The van der Waals surface area contributed by atoms with Crippen molar-refractivity contribution in [1.29, 1.82) is 0 Å². The molecule has 0 aliphatic heterocycles. The zero-order valence-electron chi connectivity index (χ0n) is 16.9. The number of nitrogens with one attached hydrogen (secondary N) is 1. The molecule has 7 heteroatoms. The first-order valence-electron chi connectivity index (χ1n) is 9.44. The Bertz CT molecular complexity index is 1240. The summed E-state index contributed by atoms with van der Waals surface area (Å²) in [5.74, 6) is 0.954. The average molecular weight is 418 g/mol. The average Bonchev–Trinajstić information content (AvgIpc) is 3.30. The fourth-order valence-corrected chi connectivity index (χ4v) is 3.15. The molecule has 0 aliphatic carbocycles. The first-order chi connectivity index (χ1) is 15.1. The van der Waals surface area contributed by atoms with E-state index >= 15 is 0 Å². The molecule has 4 aromatic rings. The molecule has 0 bridgehead atoms. The van der Waals surface area contributed by atoms with E-state index < -0.39 is 11.7 Å². The summed E-state index contributed by atoms with van der Waals surface area (Å²) in [7, 11) is 3.13. The van der Waals surface area contributed by atoms with Crippen LogP contribution in [0.3, 0.4) is 0 Å². The van der Waals surface area contributed by atoms with Crippen LogP contribution in [0.15, 0.2) is 77.3 Å². The minimum atomic E-state index is -0.515. The lowest BCUT2D eigenvalue weighted by Crippen LogP contribution is -2.14. The lowest BCUT2D eigenvalue weighted by molar-refractivity contribution is 0.102. The molecule has 0 fully saturated rings. The molecule has 0 radical (unpaired) electrons. The van der Waals surface area contributed by atoms with E-state index in [-0.39, 0.29) is 11.6 Å². The number of methoxy groups -OCH3 is 2. The number of anilines is 1. The van der Waals surface area contributed by atoms with Crippen LogP contribution in [0.25, 0.3) is 22.8 Å². The van der Waals surface area contributed by atoms with Crippen LogP contribution in [-0.4, -0.2) is 25.1 Å². The van der Waals surface area contributed by atoms with Gasteiger partial charge in [0.1, 0.15) is 17.3 Å². The van der Waals surface area contributed by atoms with Gasteiger partial charge in [0.2, 0.25) is 5.89 Å². The number of ether oxygens (including phenoxy) is 2. The molecular weight excluding hydrogens is 399 g/mol. The molecule has 1 N–H and O–H groups in total. The number of oxazole rings is 1. The number of carbonyl (C=O) groups is 1. The third kappa shape index (κ3) is 4.11. The number of para-hydroxylation sites is 1. The molecule has 0 aliphatic rings. The third-order valence-electron chi connectivity index (χ3n) is 4.70. The normalized spacial score (nSPS) is 10.5. The topological polar surface area (TPSA) is 73.6 Å². The summed E-state index contributed by atoms with van der Waals surface area (Å²) in [5, 5.41) is 2.59. The van der Waals surface area contributed by atoms with Gasteiger partial charge in [0, 0.05) is 11.6 Å². The van der Waals surface area contributed by atoms with Crippen molar-refractivity contribution >= 4 is 11.6 Å². The maximum absolute atomic E-state index is 13.9. The smallest absolute Gasteiger partial charge is 0.256 e. The summed E-state index contributed by atoms with van der Waals surface area (Å²) >= 11 is 0. The van der Waals surface area contributed by atoms with Gasteiger partial charge in [-0.3, -0.25) is 4.79 Å². The second-order valence-corrected chi connectivity index (χ2v) is 6.58. The molecule has 0 atom stereocenters. The summed E-state index contributed by atoms with van der Waals surface area (Å²) in [4.78, 5) is 17.2. The molecule has 31 heavy (non-hydrogen) atoms. The van der Waals surface area contributed by atoms with Gasteiger partial charge in [-0.2, -0.15) is 0 Å². The van der Waals surface area contributed by atoms with E-state index in [1.807, 2.05) is 0 Å². The molecule has 0 spiro atoms. The van der Waals surface area contributed by atoms with Crippen molar-refractivity contribution in [1.82, 2.24) is 4.98 Å². The van der Waals surface area contributed by atoms with Crippen molar-refractivity contribution < 1.29 is 23.1 Å². The van der Waals surface area contributed by atoms with Crippen molar-refractivity contribution in [2.45, 2.75) is 0 Å². The van der Waals surface area contributed by atoms with E-state index in [0.717, 1.165) is 0 Å². The summed E-state index contributed by atoms with van der Waals surface area (Å²) in [5.41, 5.74) is 1.57. The van der Waals surface area contributed by atoms with Gasteiger partial charge in [-0.25, -0.2) is 9.37 Å². The lowest BCUT2D eigenvalue weighted by Gasteiger charge is -2.09. The number of rotatable bonds is 6. The second-order valence-electron chi connectivity index (χ2n) is 6.58. The Hall–Kier alpha value is -4.13. The van der Waals surface area contributed by atoms with Gasteiger partial charge in [-0.15, -0.1) is 0 Å². The van der Waals surface area contributed by atoms with Gasteiger partial charge in [0.25, 0.3) is 5.91 Å². The minimum Gasteiger partial charge on any atom is -0.497 e. The number of halogens is 1. The van der Waals surface area contributed by atoms with E-state index in [0.29, 0.717) is 33.9 Å². The van der Waals surface area contributed by atoms with E-state index in [1.54, 1.807) is 75.0 Å². The zero-order chi connectivity index (χ0) is 21.8. The van der Waals surface area contributed by atoms with Crippen molar-refractivity contribution in [2.75, 3.05) is 19.5 Å². The van der Waals surface area contributed by atoms with Crippen molar-refractivity contribution in [3.63, 3.8) is 0 Å². The molecule has 1 amide bonds. The van der Waals surface area contributed by atoms with Gasteiger partial charge in [-0.05, 0) is 36.4 Å². The van der Waals surface area contributed by atoms with Crippen LogP contribution >= 0.6 is 0 Å². The summed E-state index contributed by atoms with van der Waals surface area (Å²) < 4.78 is 30.5. The van der Waals surface area contributed by atoms with E-state index in [2.05, 4.69) is 10.3 Å². The van der Waals surface area contributed by atoms with Crippen LogP contribution < -0.4 is 14.8 Å². The van der Waals surface area contributed by atoms with E-state index in [1.165, 1.54) is 12.1 Å². The molecule has 1 aromatic heterocycles. The Morgan fingerprint density at radius 3 is 2.52 bits per heavy atom. The van der Waals surface area contributed by atoms with Gasteiger partial charge in [0.05, 0.1) is 37.2 Å². The number of nitrogens with zero attached hydrogens (tertiary/aromatic N) is 1. The Balaban J connectivity index is 1.68. The summed E-state index contributed by atoms with van der Waals surface area (Å²) in [6, 6.07) is 18.2. The molecule has 3 aromatic carbocycles. The molecule has 1 heterocycles. The van der Waals surface area contributed by atoms with Crippen molar-refractivity contribution in [3.8, 4) is 34.3 Å². The van der Waals surface area contributed by atoms with Gasteiger partial charge in [-0.1, -0.05) is 24.3 Å². The highest BCUT2D eigenvalue weighted by Crippen LogP contribution is 2.35. The highest BCUT2D eigenvalue weighted by atomic mass is 19.1. The van der Waals surface area contributed by atoms with Crippen LogP contribution in [0.1, 0.15) is 10.4 Å². The molecule has 0 saturated heterocycles. The number of carbonyl (C=O) groups excluding carboxylic acids is 1. The fourth-order valence-electron chi connectivity index (χ4n) is 3.15. The predicted molar refractivity (Wildman–Crippen MR) is 115 cm³/mol. The number of amides is 1. The second kappa shape index (κ2) is 8.71. The molecule has 156 valence electrons. The van der Waals surface area contributed by atoms with Crippen LogP contribution in [-0.2, 0) is 0 Å². The maximum Gasteiger partial charge on any atom is 0.256 e. The van der Waals surface area contributed by atoms with Crippen LogP contribution in [0.4, 0.5) is 10.1 Å². The van der Waals surface area contributed by atoms with E-state index in [4.69, 9.17) is 13.9 Å². The third-order valence-corrected chi connectivity index (χ3v) is 4.70. The monoisotopic (exact) mass is 418 g/mol. The van der Waals surface area contributed by atoms with Gasteiger partial charge in [0.15, 0.2) is 5.76 Å². The minimum absolute atomic E-state index is 0.0957. The first-order valence-corrected chi connectivity index (χ1v) is 9.44. The summed E-state index contributed by atoms with van der Waals surface area (Å²) in [6.07, 6.45) is 1.56. The maximum atomic E-state index is 13.9. The highest BCUT2D eigenvalue weighted by molar-refractivity contribution is 6.08. The van der Waals surface area contributed by atoms with Crippen LogP contribution in [0.2, 0.25) is 0 Å². The van der Waals surface area contributed by atoms with E-state index in [9.17, 15) is 9.18 Å². The molecule has 4 rings (SSSR count). The molecule has 0 unspecified atom stereocenters. The predicted octanol–water partition coefficient (Wildman–Crippen LogP) is 5.42. The quantitative estimate of drug-likeness (QED) is 0.453. The lowest BCUT2D eigenvalue weighted by atomic mass is 10.1. The van der Waals surface area contributed by atoms with Crippen LogP contribution in [0, 0.1) is 5.82 Å². The largest absolute Gasteiger partial charge is 0.497 e. The molecular formula is C24H19FN2O4. The Morgan fingerprint density at radius 1 is 0.968 bits per heavy atom. The highest BCUT2D eigenvalue weighted by Gasteiger charge is 2.19. The van der Waals surface area contributed by atoms with Gasteiger partial charge >= 0.3 is 0 Å². The number of hydrogen-bond acceptors (Lipinski definition) is 5. The van der Waals surface area contributed by atoms with Crippen molar-refractivity contribution in [3.05, 3.63) is 84.3 Å². The van der Waals surface area contributed by atoms with Crippen LogP contribution in [0.5, 0.6) is 11.5 Å². The zero-order valence-corrected chi connectivity index (χ0v) is 16.9. The standard InChI is InChI=1S/C24H19FN2O4/c1-29-15-11-12-18(21(13-15)30-2)22-14-26-24(31-22)17-8-4-3-7-16(17)23(28)27-20-10-6-5-9-19(20)25/h3-14H,1-2H3,(H,27,28). The Kier molecular flexibility index (Phi) is 5.66. The fraction of sp³-hybridized carbons (Fsp3) is 0.0833. The number of aromatic nitrogens is 1.